The summed E-state index contributed by atoms with van der Waals surface area (Å²) in [4.78, 5) is 12.0. The molecule has 2 aliphatic carbocycles. The maximum absolute atomic E-state index is 13.5. The van der Waals surface area contributed by atoms with Gasteiger partial charge >= 0.3 is 0 Å². The zero-order valence-corrected chi connectivity index (χ0v) is 9.75. The lowest BCUT2D eigenvalue weighted by atomic mass is 10.1. The van der Waals surface area contributed by atoms with Crippen molar-refractivity contribution in [2.24, 2.45) is 17.8 Å². The van der Waals surface area contributed by atoms with Crippen molar-refractivity contribution in [1.82, 2.24) is 0 Å². The van der Waals surface area contributed by atoms with E-state index in [-0.39, 0.29) is 23.2 Å². The minimum Gasteiger partial charge on any atom is -0.397 e. The summed E-state index contributed by atoms with van der Waals surface area (Å²) in [6.45, 7) is 0. The maximum Gasteiger partial charge on any atom is 0.228 e. The lowest BCUT2D eigenvalue weighted by Crippen LogP contribution is -2.18. The van der Waals surface area contributed by atoms with Gasteiger partial charge in [0.2, 0.25) is 5.91 Å². The fourth-order valence-corrected chi connectivity index (χ4v) is 3.14. The highest BCUT2D eigenvalue weighted by atomic mass is 19.1. The average Bonchev–Trinajstić information content (AvgIpc) is 2.77. The second-order valence-corrected chi connectivity index (χ2v) is 5.13. The Bertz CT molecular complexity index is 485. The number of nitrogens with one attached hydrogen (secondary N) is 1. The van der Waals surface area contributed by atoms with Crippen LogP contribution in [0.3, 0.4) is 0 Å². The Morgan fingerprint density at radius 2 is 1.94 bits per heavy atom. The second kappa shape index (κ2) is 3.93. The monoisotopic (exact) mass is 252 g/mol. The molecular weight excluding hydrogens is 238 g/mol. The van der Waals surface area contributed by atoms with Crippen LogP contribution in [0, 0.1) is 29.4 Å². The van der Waals surface area contributed by atoms with E-state index >= 15 is 0 Å². The van der Waals surface area contributed by atoms with Gasteiger partial charge in [-0.25, -0.2) is 8.78 Å². The van der Waals surface area contributed by atoms with Crippen LogP contribution in [-0.2, 0) is 4.79 Å². The van der Waals surface area contributed by atoms with Gasteiger partial charge in [-0.2, -0.15) is 0 Å². The van der Waals surface area contributed by atoms with Crippen molar-refractivity contribution in [3.63, 3.8) is 0 Å². The van der Waals surface area contributed by atoms with Crippen LogP contribution in [0.2, 0.25) is 0 Å². The van der Waals surface area contributed by atoms with Gasteiger partial charge in [-0.3, -0.25) is 4.79 Å². The van der Waals surface area contributed by atoms with Crippen molar-refractivity contribution >= 4 is 17.3 Å². The minimum absolute atomic E-state index is 0.0115. The molecule has 2 fully saturated rings. The fraction of sp³-hybridized carbons (Fsp3) is 0.462. The summed E-state index contributed by atoms with van der Waals surface area (Å²) in [5, 5.41) is 2.49. The lowest BCUT2D eigenvalue weighted by molar-refractivity contribution is -0.118. The number of halogens is 2. The van der Waals surface area contributed by atoms with Gasteiger partial charge in [-0.05, 0) is 30.7 Å². The summed E-state index contributed by atoms with van der Waals surface area (Å²) in [5.74, 6) is -0.869. The molecule has 18 heavy (non-hydrogen) atoms. The predicted octanol–water partition coefficient (Wildman–Crippen LogP) is 2.53. The zero-order chi connectivity index (χ0) is 12.9. The highest BCUT2D eigenvalue weighted by molar-refractivity contribution is 5.97. The molecule has 2 aliphatic rings. The highest BCUT2D eigenvalue weighted by Crippen LogP contribution is 2.57. The summed E-state index contributed by atoms with van der Waals surface area (Å²) in [6, 6.07) is 1.73. The fourth-order valence-electron chi connectivity index (χ4n) is 3.14. The van der Waals surface area contributed by atoms with Crippen molar-refractivity contribution in [3.8, 4) is 0 Å². The molecule has 0 aliphatic heterocycles. The summed E-state index contributed by atoms with van der Waals surface area (Å²) < 4.78 is 26.4. The Morgan fingerprint density at radius 1 is 1.28 bits per heavy atom. The van der Waals surface area contributed by atoms with E-state index in [9.17, 15) is 13.6 Å². The molecule has 3 N–H and O–H groups in total. The van der Waals surface area contributed by atoms with Gasteiger partial charge in [0.15, 0.2) is 5.82 Å². The molecule has 2 unspecified atom stereocenters. The summed E-state index contributed by atoms with van der Waals surface area (Å²) in [6.07, 6.45) is 3.32. The number of amides is 1. The Balaban J connectivity index is 1.75. The van der Waals surface area contributed by atoms with E-state index in [2.05, 4.69) is 5.32 Å². The molecule has 1 aromatic carbocycles. The van der Waals surface area contributed by atoms with Crippen LogP contribution in [0.15, 0.2) is 12.1 Å². The largest absolute Gasteiger partial charge is 0.397 e. The van der Waals surface area contributed by atoms with Crippen LogP contribution in [0.25, 0.3) is 0 Å². The quantitative estimate of drug-likeness (QED) is 0.795. The molecule has 0 aromatic heterocycles. The van der Waals surface area contributed by atoms with Gasteiger partial charge in [-0.15, -0.1) is 0 Å². The molecule has 96 valence electrons. The first kappa shape index (κ1) is 11.4. The molecular formula is C13H14F2N2O. The third-order valence-corrected chi connectivity index (χ3v) is 4.04. The van der Waals surface area contributed by atoms with Crippen LogP contribution >= 0.6 is 0 Å². The molecule has 2 saturated carbocycles. The summed E-state index contributed by atoms with van der Waals surface area (Å²) in [7, 11) is 0. The molecule has 3 rings (SSSR count). The number of carbonyl (C=O) groups excluding carboxylic acids is 1. The van der Waals surface area contributed by atoms with Gasteiger partial charge in [0.05, 0.1) is 5.69 Å². The van der Waals surface area contributed by atoms with Crippen molar-refractivity contribution in [2.45, 2.75) is 19.3 Å². The molecule has 0 spiro atoms. The number of fused-ring (bicyclic) bond motifs is 1. The maximum atomic E-state index is 13.5. The zero-order valence-electron chi connectivity index (χ0n) is 9.75. The second-order valence-electron chi connectivity index (χ2n) is 5.13. The Kier molecular flexibility index (Phi) is 2.50. The molecule has 2 atom stereocenters. The van der Waals surface area contributed by atoms with E-state index in [0.717, 1.165) is 25.0 Å². The predicted molar refractivity (Wildman–Crippen MR) is 63.7 cm³/mol. The van der Waals surface area contributed by atoms with Crippen LogP contribution in [0.4, 0.5) is 20.2 Å². The molecule has 0 bridgehead atoms. The van der Waals surface area contributed by atoms with Crippen LogP contribution in [-0.4, -0.2) is 5.91 Å². The van der Waals surface area contributed by atoms with Crippen molar-refractivity contribution in [1.29, 1.82) is 0 Å². The minimum atomic E-state index is -0.827. The molecule has 0 heterocycles. The highest BCUT2D eigenvalue weighted by Gasteiger charge is 2.56. The lowest BCUT2D eigenvalue weighted by Gasteiger charge is -2.10. The molecule has 1 amide bonds. The summed E-state index contributed by atoms with van der Waals surface area (Å²) >= 11 is 0. The first-order valence-corrected chi connectivity index (χ1v) is 6.13. The van der Waals surface area contributed by atoms with E-state index in [4.69, 9.17) is 5.73 Å². The topological polar surface area (TPSA) is 55.1 Å². The number of rotatable bonds is 2. The van der Waals surface area contributed by atoms with E-state index < -0.39 is 11.6 Å². The van der Waals surface area contributed by atoms with Crippen molar-refractivity contribution < 1.29 is 13.6 Å². The van der Waals surface area contributed by atoms with Crippen LogP contribution in [0.5, 0.6) is 0 Å². The van der Waals surface area contributed by atoms with E-state index in [1.165, 1.54) is 6.42 Å². The Labute approximate surface area is 103 Å². The number of hydrogen-bond acceptors (Lipinski definition) is 2. The third-order valence-electron chi connectivity index (χ3n) is 4.04. The first-order chi connectivity index (χ1) is 8.58. The van der Waals surface area contributed by atoms with Gasteiger partial charge in [0, 0.05) is 12.0 Å². The summed E-state index contributed by atoms with van der Waals surface area (Å²) in [5.41, 5.74) is 5.33. The Morgan fingerprint density at radius 3 is 2.56 bits per heavy atom. The first-order valence-electron chi connectivity index (χ1n) is 6.13. The number of anilines is 2. The number of hydrogen-bond donors (Lipinski definition) is 2. The number of benzene rings is 1. The molecule has 0 radical (unpaired) electrons. The van der Waals surface area contributed by atoms with E-state index in [1.54, 1.807) is 0 Å². The number of nitrogens with two attached hydrogens (primary N) is 1. The molecule has 5 heteroatoms. The van der Waals surface area contributed by atoms with E-state index in [0.29, 0.717) is 11.8 Å². The van der Waals surface area contributed by atoms with Crippen LogP contribution in [0.1, 0.15) is 19.3 Å². The van der Waals surface area contributed by atoms with Gasteiger partial charge in [0.1, 0.15) is 11.5 Å². The smallest absolute Gasteiger partial charge is 0.228 e. The third kappa shape index (κ3) is 1.74. The molecule has 3 nitrogen and oxygen atoms in total. The average molecular weight is 252 g/mol. The van der Waals surface area contributed by atoms with Gasteiger partial charge in [0.25, 0.3) is 0 Å². The standard InChI is InChI=1S/C13H14F2N2O/c14-6-4-9(15)12(10(16)5-6)17-13(18)11-7-2-1-3-8(7)11/h4-5,7-8,11H,1-3,16H2,(H,17,18). The number of nitrogen functional groups attached to an aromatic ring is 1. The molecule has 1 aromatic rings. The normalized spacial score (nSPS) is 28.9. The number of carbonyl (C=O) groups is 1. The van der Waals surface area contributed by atoms with Crippen molar-refractivity contribution in [2.75, 3.05) is 11.1 Å². The molecule has 0 saturated heterocycles. The van der Waals surface area contributed by atoms with Gasteiger partial charge < -0.3 is 11.1 Å². The van der Waals surface area contributed by atoms with Crippen LogP contribution < -0.4 is 11.1 Å². The Hall–Kier alpha value is -1.65. The van der Waals surface area contributed by atoms with Gasteiger partial charge in [-0.1, -0.05) is 6.42 Å². The SMILES string of the molecule is Nc1cc(F)cc(F)c1NC(=O)C1C2CCCC21. The van der Waals surface area contributed by atoms with Crippen molar-refractivity contribution in [3.05, 3.63) is 23.8 Å². The van der Waals surface area contributed by atoms with E-state index in [1.807, 2.05) is 0 Å².